The summed E-state index contributed by atoms with van der Waals surface area (Å²) in [6, 6.07) is 21.4. The van der Waals surface area contributed by atoms with Gasteiger partial charge in [-0.05, 0) is 57.9 Å². The van der Waals surface area contributed by atoms with Crippen LogP contribution < -0.4 is 30.1 Å². The second-order valence-corrected chi connectivity index (χ2v) is 17.9. The van der Waals surface area contributed by atoms with Gasteiger partial charge in [-0.3, -0.25) is 19.2 Å². The molecule has 328 valence electrons. The molecule has 3 aromatic carbocycles. The Labute approximate surface area is 360 Å². The first-order valence-corrected chi connectivity index (χ1v) is 21.8. The molecular formula is C45H52N6O10S. The van der Waals surface area contributed by atoms with Crippen LogP contribution in [0.25, 0.3) is 22.2 Å². The molecule has 1 saturated heterocycles. The summed E-state index contributed by atoms with van der Waals surface area (Å²) in [4.78, 5) is 74.4. The third kappa shape index (κ3) is 10.5. The average molecular weight is 869 g/mol. The van der Waals surface area contributed by atoms with Crippen LogP contribution in [0.4, 0.5) is 4.79 Å². The Bertz CT molecular complexity index is 2440. The highest BCUT2D eigenvalue weighted by Crippen LogP contribution is 2.45. The Morgan fingerprint density at radius 1 is 1.00 bits per heavy atom. The highest BCUT2D eigenvalue weighted by molar-refractivity contribution is 7.90. The van der Waals surface area contributed by atoms with Gasteiger partial charge in [-0.25, -0.2) is 22.9 Å². The predicted octanol–water partition coefficient (Wildman–Crippen LogP) is 4.63. The number of aromatic nitrogens is 1. The zero-order valence-corrected chi connectivity index (χ0v) is 36.1. The second kappa shape index (κ2) is 18.6. The minimum absolute atomic E-state index is 0.0123. The SMILES string of the molecule is C=C[C@@H]1C[C@]1(NC(=O)[C@@H]1C[C@@H](Oc2cc(-c3ccccc3)nc3cc(OC)ccc23)CN1C(=O)[C@H](CCNC(=O)CC)NC(=O)OC(C)(C)C)C(=O)NS(=O)(=O)c1ccccc1. The van der Waals surface area contributed by atoms with Crippen LogP contribution in [0.2, 0.25) is 0 Å². The fraction of sp³-hybridized carbons (Fsp3) is 0.378. The molecule has 2 fully saturated rings. The number of carbonyl (C=O) groups excluding carboxylic acids is 5. The largest absolute Gasteiger partial charge is 0.497 e. The summed E-state index contributed by atoms with van der Waals surface area (Å²) in [5, 5.41) is 8.75. The quantitative estimate of drug-likeness (QED) is 0.114. The maximum atomic E-state index is 14.7. The van der Waals surface area contributed by atoms with E-state index in [0.29, 0.717) is 28.1 Å². The summed E-state index contributed by atoms with van der Waals surface area (Å²) in [6.07, 6.45) is -0.124. The molecule has 1 aliphatic carbocycles. The zero-order chi connectivity index (χ0) is 44.8. The van der Waals surface area contributed by atoms with Crippen molar-refractivity contribution in [1.82, 2.24) is 30.6 Å². The van der Waals surface area contributed by atoms with Crippen LogP contribution >= 0.6 is 0 Å². The van der Waals surface area contributed by atoms with Gasteiger partial charge in [0.25, 0.3) is 15.9 Å². The number of hydrogen-bond donors (Lipinski definition) is 4. The second-order valence-electron chi connectivity index (χ2n) is 16.2. The van der Waals surface area contributed by atoms with Crippen LogP contribution in [-0.4, -0.2) is 97.6 Å². The highest BCUT2D eigenvalue weighted by Gasteiger charge is 2.61. The fourth-order valence-corrected chi connectivity index (χ4v) is 8.37. The smallest absolute Gasteiger partial charge is 0.408 e. The lowest BCUT2D eigenvalue weighted by molar-refractivity contribution is -0.141. The molecule has 6 rings (SSSR count). The fourth-order valence-electron chi connectivity index (χ4n) is 7.31. The van der Waals surface area contributed by atoms with Crippen LogP contribution in [0, 0.1) is 5.92 Å². The molecule has 4 aromatic rings. The first kappa shape index (κ1) is 45.0. The molecule has 16 nitrogen and oxygen atoms in total. The Hall–Kier alpha value is -6.49. The number of ether oxygens (including phenoxy) is 3. The zero-order valence-electron chi connectivity index (χ0n) is 35.3. The molecule has 1 aliphatic heterocycles. The van der Waals surface area contributed by atoms with Crippen molar-refractivity contribution in [3.8, 4) is 22.8 Å². The van der Waals surface area contributed by atoms with Crippen molar-refractivity contribution >= 4 is 50.6 Å². The lowest BCUT2D eigenvalue weighted by atomic mass is 10.1. The van der Waals surface area contributed by atoms with E-state index in [-0.39, 0.29) is 49.6 Å². The van der Waals surface area contributed by atoms with Gasteiger partial charge in [-0.15, -0.1) is 6.58 Å². The van der Waals surface area contributed by atoms with E-state index in [1.165, 1.54) is 35.2 Å². The number of hydrogen-bond acceptors (Lipinski definition) is 11. The summed E-state index contributed by atoms with van der Waals surface area (Å²) in [6.45, 7) is 10.3. The monoisotopic (exact) mass is 868 g/mol. The van der Waals surface area contributed by atoms with Gasteiger partial charge in [0.1, 0.15) is 40.8 Å². The number of alkyl carbamates (subject to hydrolysis) is 1. The van der Waals surface area contributed by atoms with Crippen molar-refractivity contribution in [2.24, 2.45) is 5.92 Å². The molecule has 5 atom stereocenters. The van der Waals surface area contributed by atoms with Gasteiger partial charge in [0.2, 0.25) is 17.7 Å². The first-order valence-electron chi connectivity index (χ1n) is 20.3. The topological polar surface area (TPSA) is 211 Å². The molecule has 2 aliphatic rings. The number of sulfonamides is 1. The first-order chi connectivity index (χ1) is 29.5. The maximum absolute atomic E-state index is 14.7. The van der Waals surface area contributed by atoms with Crippen LogP contribution in [0.5, 0.6) is 11.5 Å². The number of pyridine rings is 1. The average Bonchev–Trinajstić information content (AvgIpc) is 3.81. The number of nitrogens with zero attached hydrogens (tertiary/aromatic N) is 2. The molecule has 17 heteroatoms. The number of amides is 5. The van der Waals surface area contributed by atoms with Gasteiger partial charge in [-0.2, -0.15) is 0 Å². The van der Waals surface area contributed by atoms with E-state index in [1.807, 2.05) is 30.3 Å². The van der Waals surface area contributed by atoms with Crippen molar-refractivity contribution in [2.75, 3.05) is 20.2 Å². The third-order valence-electron chi connectivity index (χ3n) is 10.6. The Morgan fingerprint density at radius 3 is 2.32 bits per heavy atom. The van der Waals surface area contributed by atoms with E-state index in [1.54, 1.807) is 65.1 Å². The Kier molecular flexibility index (Phi) is 13.5. The molecular weight excluding hydrogens is 817 g/mol. The molecule has 1 saturated carbocycles. The van der Waals surface area contributed by atoms with Gasteiger partial charge in [-0.1, -0.05) is 61.5 Å². The van der Waals surface area contributed by atoms with Crippen molar-refractivity contribution < 1.29 is 46.6 Å². The normalized spacial score (nSPS) is 20.0. The van der Waals surface area contributed by atoms with Gasteiger partial charge in [0.15, 0.2) is 0 Å². The van der Waals surface area contributed by atoms with Crippen LogP contribution in [0.15, 0.2) is 102 Å². The predicted molar refractivity (Wildman–Crippen MR) is 230 cm³/mol. The standard InChI is InChI=1S/C45H52N6O10S/c1-7-29-26-45(29,42(55)50-62(57,58)32-17-13-10-14-18-32)49-40(53)37-24-31(27-51(37)41(54)34(21-22-46-39(52)8-2)48-43(56)61-44(3,4)5)60-38-25-35(28-15-11-9-12-16-28)47-36-23-30(59-6)19-20-33(36)38/h7,9-20,23,25,29,31,34,37H,1,8,21-22,24,26-27H2,2-6H3,(H,46,52)(H,48,56)(H,49,53)(H,50,55)/t29-,31-,34+,37+,45-/m1/s1. The summed E-state index contributed by atoms with van der Waals surface area (Å²) in [7, 11) is -2.77. The summed E-state index contributed by atoms with van der Waals surface area (Å²) < 4.78 is 46.2. The van der Waals surface area contributed by atoms with Gasteiger partial charge >= 0.3 is 6.09 Å². The van der Waals surface area contributed by atoms with E-state index >= 15 is 0 Å². The minimum Gasteiger partial charge on any atom is -0.497 e. The minimum atomic E-state index is -4.32. The van der Waals surface area contributed by atoms with Crippen LogP contribution in [0.3, 0.4) is 0 Å². The van der Waals surface area contributed by atoms with E-state index in [0.717, 1.165) is 5.56 Å². The van der Waals surface area contributed by atoms with Crippen molar-refractivity contribution in [2.45, 2.75) is 87.6 Å². The summed E-state index contributed by atoms with van der Waals surface area (Å²) in [5.74, 6) is -2.31. The van der Waals surface area contributed by atoms with Crippen molar-refractivity contribution in [3.63, 3.8) is 0 Å². The van der Waals surface area contributed by atoms with Crippen LogP contribution in [-0.2, 0) is 33.9 Å². The number of carbonyl (C=O) groups is 5. The Balaban J connectivity index is 1.34. The molecule has 2 heterocycles. The van der Waals surface area contributed by atoms with E-state index < -0.39 is 69.1 Å². The molecule has 1 aromatic heterocycles. The van der Waals surface area contributed by atoms with E-state index in [4.69, 9.17) is 19.2 Å². The molecule has 0 unspecified atom stereocenters. The highest BCUT2D eigenvalue weighted by atomic mass is 32.2. The van der Waals surface area contributed by atoms with Gasteiger partial charge in [0.05, 0.1) is 29.8 Å². The van der Waals surface area contributed by atoms with Crippen molar-refractivity contribution in [3.05, 3.63) is 97.6 Å². The number of nitrogens with one attached hydrogen (secondary N) is 4. The third-order valence-corrected chi connectivity index (χ3v) is 11.9. The lowest BCUT2D eigenvalue weighted by Gasteiger charge is -2.30. The molecule has 4 N–H and O–H groups in total. The van der Waals surface area contributed by atoms with Crippen molar-refractivity contribution in [1.29, 1.82) is 0 Å². The molecule has 0 spiro atoms. The maximum Gasteiger partial charge on any atom is 0.408 e. The van der Waals surface area contributed by atoms with Gasteiger partial charge in [0, 0.05) is 48.4 Å². The summed E-state index contributed by atoms with van der Waals surface area (Å²) >= 11 is 0. The molecule has 0 radical (unpaired) electrons. The molecule has 62 heavy (non-hydrogen) atoms. The molecule has 0 bridgehead atoms. The number of methoxy groups -OCH3 is 1. The summed E-state index contributed by atoms with van der Waals surface area (Å²) in [5.41, 5.74) is -0.627. The number of likely N-dealkylation sites (tertiary alicyclic amines) is 1. The number of rotatable bonds is 16. The van der Waals surface area contributed by atoms with Gasteiger partial charge < -0.3 is 35.1 Å². The van der Waals surface area contributed by atoms with E-state index in [9.17, 15) is 32.4 Å². The van der Waals surface area contributed by atoms with E-state index in [2.05, 4.69) is 27.3 Å². The number of fused-ring (bicyclic) bond motifs is 1. The van der Waals surface area contributed by atoms with Crippen LogP contribution in [0.1, 0.15) is 53.4 Å². The molecule has 5 amide bonds. The lowest BCUT2D eigenvalue weighted by Crippen LogP contribution is -2.58. The Morgan fingerprint density at radius 2 is 1.69 bits per heavy atom. The number of benzene rings is 3.